The lowest BCUT2D eigenvalue weighted by Crippen LogP contribution is -2.32. The molecule has 1 heterocycles. The molecule has 0 saturated heterocycles. The van der Waals surface area contributed by atoms with Crippen molar-refractivity contribution in [2.75, 3.05) is 6.54 Å². The van der Waals surface area contributed by atoms with E-state index in [4.69, 9.17) is 5.11 Å². The Bertz CT molecular complexity index is 383. The van der Waals surface area contributed by atoms with Crippen molar-refractivity contribution in [1.29, 1.82) is 0 Å². The molecule has 1 saturated carbocycles. The summed E-state index contributed by atoms with van der Waals surface area (Å²) in [6, 6.07) is 2.60. The second-order valence-electron chi connectivity index (χ2n) is 4.58. The van der Waals surface area contributed by atoms with Gasteiger partial charge < -0.3 is 5.11 Å². The zero-order valence-electron chi connectivity index (χ0n) is 10.2. The summed E-state index contributed by atoms with van der Waals surface area (Å²) in [5, 5.41) is 11.0. The molecule has 0 unspecified atom stereocenters. The predicted octanol–water partition coefficient (Wildman–Crippen LogP) is 3.21. The minimum Gasteiger partial charge on any atom is -0.477 e. The van der Waals surface area contributed by atoms with Crippen molar-refractivity contribution in [2.45, 2.75) is 45.2 Å². The summed E-state index contributed by atoms with van der Waals surface area (Å²) in [6.45, 7) is 3.94. The SMILES string of the molecule is CCN(Cc1ccsc1C(=O)O)C1CCCC1. The summed E-state index contributed by atoms with van der Waals surface area (Å²) in [7, 11) is 0. The van der Waals surface area contributed by atoms with E-state index in [1.807, 2.05) is 11.4 Å². The Morgan fingerprint density at radius 3 is 2.82 bits per heavy atom. The summed E-state index contributed by atoms with van der Waals surface area (Å²) < 4.78 is 0. The molecule has 1 aliphatic carbocycles. The van der Waals surface area contributed by atoms with Gasteiger partial charge in [-0.15, -0.1) is 11.3 Å². The monoisotopic (exact) mass is 253 g/mol. The Kier molecular flexibility index (Phi) is 4.18. The Labute approximate surface area is 106 Å². The summed E-state index contributed by atoms with van der Waals surface area (Å²) in [6.07, 6.45) is 5.16. The largest absolute Gasteiger partial charge is 0.477 e. The molecule has 2 rings (SSSR count). The Morgan fingerprint density at radius 1 is 1.53 bits per heavy atom. The van der Waals surface area contributed by atoms with E-state index in [1.165, 1.54) is 37.0 Å². The molecule has 3 nitrogen and oxygen atoms in total. The molecule has 94 valence electrons. The number of carbonyl (C=O) groups is 1. The van der Waals surface area contributed by atoms with Crippen LogP contribution in [0, 0.1) is 0 Å². The van der Waals surface area contributed by atoms with Crippen molar-refractivity contribution in [3.8, 4) is 0 Å². The van der Waals surface area contributed by atoms with Crippen molar-refractivity contribution in [2.24, 2.45) is 0 Å². The second-order valence-corrected chi connectivity index (χ2v) is 5.50. The van der Waals surface area contributed by atoms with Crippen LogP contribution >= 0.6 is 11.3 Å². The maximum Gasteiger partial charge on any atom is 0.346 e. The molecule has 1 N–H and O–H groups in total. The third-order valence-corrected chi connectivity index (χ3v) is 4.51. The van der Waals surface area contributed by atoms with E-state index >= 15 is 0 Å². The molecule has 0 bridgehead atoms. The van der Waals surface area contributed by atoms with Gasteiger partial charge in [-0.05, 0) is 36.4 Å². The molecule has 0 spiro atoms. The Balaban J connectivity index is 2.06. The van der Waals surface area contributed by atoms with Gasteiger partial charge in [0.1, 0.15) is 4.88 Å². The van der Waals surface area contributed by atoms with Crippen molar-refractivity contribution in [3.63, 3.8) is 0 Å². The number of rotatable bonds is 5. The number of aromatic carboxylic acids is 1. The van der Waals surface area contributed by atoms with Crippen LogP contribution in [0.1, 0.15) is 47.8 Å². The predicted molar refractivity (Wildman–Crippen MR) is 69.6 cm³/mol. The van der Waals surface area contributed by atoms with Gasteiger partial charge in [0, 0.05) is 12.6 Å². The highest BCUT2D eigenvalue weighted by Crippen LogP contribution is 2.26. The van der Waals surface area contributed by atoms with Crippen LogP contribution in [0.15, 0.2) is 11.4 Å². The van der Waals surface area contributed by atoms with E-state index < -0.39 is 5.97 Å². The number of nitrogens with zero attached hydrogens (tertiary/aromatic N) is 1. The topological polar surface area (TPSA) is 40.5 Å². The van der Waals surface area contributed by atoms with Gasteiger partial charge in [-0.1, -0.05) is 19.8 Å². The smallest absolute Gasteiger partial charge is 0.346 e. The first kappa shape index (κ1) is 12.6. The fourth-order valence-corrected chi connectivity index (χ4v) is 3.39. The number of carboxylic acids is 1. The first-order valence-corrected chi connectivity index (χ1v) is 7.14. The minimum atomic E-state index is -0.794. The summed E-state index contributed by atoms with van der Waals surface area (Å²) >= 11 is 1.33. The normalized spacial score (nSPS) is 16.8. The molecule has 17 heavy (non-hydrogen) atoms. The third kappa shape index (κ3) is 2.87. The van der Waals surface area contributed by atoms with Gasteiger partial charge in [-0.25, -0.2) is 4.79 Å². The van der Waals surface area contributed by atoms with Crippen LogP contribution in [0.5, 0.6) is 0 Å². The highest BCUT2D eigenvalue weighted by Gasteiger charge is 2.23. The van der Waals surface area contributed by atoms with Crippen molar-refractivity contribution in [3.05, 3.63) is 21.9 Å². The summed E-state index contributed by atoms with van der Waals surface area (Å²) in [5.74, 6) is -0.794. The van der Waals surface area contributed by atoms with Crippen LogP contribution in [0.3, 0.4) is 0 Å². The van der Waals surface area contributed by atoms with Crippen molar-refractivity contribution < 1.29 is 9.90 Å². The Morgan fingerprint density at radius 2 is 2.24 bits per heavy atom. The van der Waals surface area contributed by atoms with Crippen LogP contribution in [0.2, 0.25) is 0 Å². The van der Waals surface area contributed by atoms with E-state index in [2.05, 4.69) is 11.8 Å². The van der Waals surface area contributed by atoms with Gasteiger partial charge in [0.2, 0.25) is 0 Å². The average Bonchev–Trinajstić information content (AvgIpc) is 2.96. The number of hydrogen-bond donors (Lipinski definition) is 1. The molecule has 0 amide bonds. The summed E-state index contributed by atoms with van der Waals surface area (Å²) in [4.78, 5) is 14.0. The zero-order chi connectivity index (χ0) is 12.3. The standard InChI is InChI=1S/C13H19NO2S/c1-2-14(11-5-3-4-6-11)9-10-7-8-17-12(10)13(15)16/h7-8,11H,2-6,9H2,1H3,(H,15,16). The van der Waals surface area contributed by atoms with Crippen molar-refractivity contribution >= 4 is 17.3 Å². The minimum absolute atomic E-state index is 0.501. The molecular formula is C13H19NO2S. The first-order valence-electron chi connectivity index (χ1n) is 6.26. The number of hydrogen-bond acceptors (Lipinski definition) is 3. The molecule has 1 aliphatic rings. The van der Waals surface area contributed by atoms with E-state index in [0.29, 0.717) is 10.9 Å². The van der Waals surface area contributed by atoms with Crippen molar-refractivity contribution in [1.82, 2.24) is 4.90 Å². The lowest BCUT2D eigenvalue weighted by Gasteiger charge is -2.27. The molecule has 1 fully saturated rings. The molecule has 1 aromatic rings. The fraction of sp³-hybridized carbons (Fsp3) is 0.615. The van der Waals surface area contributed by atoms with Gasteiger partial charge in [0.05, 0.1) is 0 Å². The molecule has 0 aromatic carbocycles. The van der Waals surface area contributed by atoms with Gasteiger partial charge in [0.25, 0.3) is 0 Å². The molecule has 0 atom stereocenters. The quantitative estimate of drug-likeness (QED) is 0.876. The Hall–Kier alpha value is -0.870. The summed E-state index contributed by atoms with van der Waals surface area (Å²) in [5.41, 5.74) is 0.969. The van der Waals surface area contributed by atoms with E-state index in [9.17, 15) is 4.79 Å². The van der Waals surface area contributed by atoms with Crippen LogP contribution in [0.4, 0.5) is 0 Å². The fourth-order valence-electron chi connectivity index (χ4n) is 2.64. The van der Waals surface area contributed by atoms with E-state index in [1.54, 1.807) is 0 Å². The van der Waals surface area contributed by atoms with E-state index in [-0.39, 0.29) is 0 Å². The van der Waals surface area contributed by atoms with Crippen LogP contribution in [-0.2, 0) is 6.54 Å². The lowest BCUT2D eigenvalue weighted by atomic mass is 10.1. The molecular weight excluding hydrogens is 234 g/mol. The maximum atomic E-state index is 11.1. The molecule has 0 aliphatic heterocycles. The lowest BCUT2D eigenvalue weighted by molar-refractivity contribution is 0.0699. The highest BCUT2D eigenvalue weighted by atomic mass is 32.1. The number of thiophene rings is 1. The maximum absolute atomic E-state index is 11.1. The third-order valence-electron chi connectivity index (χ3n) is 3.56. The first-order chi connectivity index (χ1) is 8.22. The van der Waals surface area contributed by atoms with Gasteiger partial charge >= 0.3 is 5.97 Å². The molecule has 4 heteroatoms. The number of carboxylic acid groups (broad SMARTS) is 1. The van der Waals surface area contributed by atoms with Crippen LogP contribution < -0.4 is 0 Å². The van der Waals surface area contributed by atoms with Crippen LogP contribution in [0.25, 0.3) is 0 Å². The highest BCUT2D eigenvalue weighted by molar-refractivity contribution is 7.12. The van der Waals surface area contributed by atoms with Crippen LogP contribution in [-0.4, -0.2) is 28.6 Å². The van der Waals surface area contributed by atoms with Gasteiger partial charge in [-0.3, -0.25) is 4.90 Å². The van der Waals surface area contributed by atoms with Gasteiger partial charge in [-0.2, -0.15) is 0 Å². The average molecular weight is 253 g/mol. The second kappa shape index (κ2) is 5.65. The molecule has 1 aromatic heterocycles. The van der Waals surface area contributed by atoms with E-state index in [0.717, 1.165) is 18.7 Å². The van der Waals surface area contributed by atoms with Gasteiger partial charge in [0.15, 0.2) is 0 Å². The zero-order valence-corrected chi connectivity index (χ0v) is 11.0. The molecule has 0 radical (unpaired) electrons.